The van der Waals surface area contributed by atoms with Crippen molar-refractivity contribution in [2.24, 2.45) is 0 Å². The molecule has 1 heterocycles. The molecule has 0 saturated carbocycles. The quantitative estimate of drug-likeness (QED) is 0.809. The van der Waals surface area contributed by atoms with E-state index in [1.54, 1.807) is 14.0 Å². The molecular weight excluding hydrogens is 374 g/mol. The zero-order chi connectivity index (χ0) is 19.4. The molecule has 0 aliphatic carbocycles. The molecule has 6 heteroatoms. The van der Waals surface area contributed by atoms with Crippen molar-refractivity contribution in [1.29, 1.82) is 0 Å². The Morgan fingerprint density at radius 1 is 1.18 bits per heavy atom. The summed E-state index contributed by atoms with van der Waals surface area (Å²) in [5.74, 6) is -0.211. The lowest BCUT2D eigenvalue weighted by atomic mass is 10.1. The van der Waals surface area contributed by atoms with Gasteiger partial charge in [-0.25, -0.2) is 0 Å². The lowest BCUT2D eigenvalue weighted by Crippen LogP contribution is -2.52. The number of benzene rings is 2. The molecule has 2 amide bonds. The summed E-state index contributed by atoms with van der Waals surface area (Å²) in [6.45, 7) is 4.34. The fourth-order valence-corrected chi connectivity index (χ4v) is 3.40. The molecule has 2 atom stereocenters. The number of nitrogens with zero attached hydrogens (tertiary/aromatic N) is 1. The Bertz CT molecular complexity index is 840. The second-order valence-electron chi connectivity index (χ2n) is 7.09. The van der Waals surface area contributed by atoms with E-state index in [0.29, 0.717) is 13.0 Å². The zero-order valence-electron chi connectivity index (χ0n) is 16.6. The number of halogens is 1. The van der Waals surface area contributed by atoms with Crippen LogP contribution >= 0.6 is 12.4 Å². The van der Waals surface area contributed by atoms with Gasteiger partial charge in [0, 0.05) is 5.69 Å². The summed E-state index contributed by atoms with van der Waals surface area (Å²) >= 11 is 0. The van der Waals surface area contributed by atoms with Gasteiger partial charge in [-0.2, -0.15) is 0 Å². The van der Waals surface area contributed by atoms with Crippen LogP contribution in [-0.2, 0) is 22.6 Å². The number of carbonyl (C=O) groups is 2. The van der Waals surface area contributed by atoms with Crippen molar-refractivity contribution in [2.45, 2.75) is 45.3 Å². The van der Waals surface area contributed by atoms with Gasteiger partial charge in [-0.15, -0.1) is 12.4 Å². The van der Waals surface area contributed by atoms with Crippen molar-refractivity contribution < 1.29 is 9.59 Å². The molecular formula is C22H28ClN3O2. The fourth-order valence-electron chi connectivity index (χ4n) is 3.40. The molecule has 150 valence electrons. The Morgan fingerprint density at radius 2 is 1.86 bits per heavy atom. The highest BCUT2D eigenvalue weighted by molar-refractivity contribution is 6.00. The Balaban J connectivity index is 0.00000280. The minimum absolute atomic E-state index is 0. The minimum atomic E-state index is -0.523. The van der Waals surface area contributed by atoms with Crippen molar-refractivity contribution in [3.05, 3.63) is 65.2 Å². The summed E-state index contributed by atoms with van der Waals surface area (Å²) < 4.78 is 0. The van der Waals surface area contributed by atoms with E-state index in [-0.39, 0.29) is 30.3 Å². The monoisotopic (exact) mass is 401 g/mol. The summed E-state index contributed by atoms with van der Waals surface area (Å²) in [7, 11) is 1.74. The van der Waals surface area contributed by atoms with Crippen molar-refractivity contribution in [3.63, 3.8) is 0 Å². The van der Waals surface area contributed by atoms with E-state index in [4.69, 9.17) is 0 Å². The maximum absolute atomic E-state index is 13.4. The molecule has 2 aromatic rings. The third-order valence-corrected chi connectivity index (χ3v) is 5.28. The number of rotatable bonds is 5. The van der Waals surface area contributed by atoms with Crippen LogP contribution in [0.5, 0.6) is 0 Å². The molecule has 2 aromatic carbocycles. The van der Waals surface area contributed by atoms with Gasteiger partial charge in [0.05, 0.1) is 12.6 Å². The number of hydrogen-bond donors (Lipinski definition) is 2. The maximum atomic E-state index is 13.4. The highest BCUT2D eigenvalue weighted by Gasteiger charge is 2.32. The van der Waals surface area contributed by atoms with Gasteiger partial charge in [0.25, 0.3) is 0 Å². The molecule has 0 bridgehead atoms. The number of aryl methyl sites for hydroxylation is 2. The van der Waals surface area contributed by atoms with E-state index in [0.717, 1.165) is 28.8 Å². The summed E-state index contributed by atoms with van der Waals surface area (Å²) in [5, 5.41) is 5.86. The highest BCUT2D eigenvalue weighted by atomic mass is 35.5. The van der Waals surface area contributed by atoms with Gasteiger partial charge in [0.2, 0.25) is 11.8 Å². The first-order chi connectivity index (χ1) is 13.0. The third kappa shape index (κ3) is 4.72. The van der Waals surface area contributed by atoms with Crippen LogP contribution in [-0.4, -0.2) is 30.9 Å². The molecule has 1 aliphatic rings. The van der Waals surface area contributed by atoms with E-state index in [2.05, 4.69) is 29.7 Å². The fraction of sp³-hybridized carbons (Fsp3) is 0.364. The molecule has 1 aliphatic heterocycles. The Kier molecular flexibility index (Phi) is 7.61. The van der Waals surface area contributed by atoms with Gasteiger partial charge in [-0.3, -0.25) is 9.59 Å². The Labute approximate surface area is 172 Å². The second kappa shape index (κ2) is 9.71. The summed E-state index contributed by atoms with van der Waals surface area (Å²) in [4.78, 5) is 27.5. The Morgan fingerprint density at radius 3 is 2.57 bits per heavy atom. The molecule has 3 rings (SSSR count). The van der Waals surface area contributed by atoms with Crippen molar-refractivity contribution in [3.8, 4) is 0 Å². The maximum Gasteiger partial charge on any atom is 0.249 e. The Hall–Kier alpha value is -2.37. The number of para-hydroxylation sites is 1. The smallest absolute Gasteiger partial charge is 0.249 e. The van der Waals surface area contributed by atoms with E-state index >= 15 is 0 Å². The number of anilines is 1. The normalized spacial score (nSPS) is 17.2. The molecule has 0 radical (unpaired) electrons. The first-order valence-corrected chi connectivity index (χ1v) is 9.42. The van der Waals surface area contributed by atoms with Crippen LogP contribution in [0.3, 0.4) is 0 Å². The first-order valence-electron chi connectivity index (χ1n) is 9.42. The number of carbonyl (C=O) groups excluding carboxylic acids is 2. The van der Waals surface area contributed by atoms with Gasteiger partial charge in [-0.1, -0.05) is 42.5 Å². The SMILES string of the molecule is CN[C@@H](C)C(=O)N[C@H]1CCc2ccccc2N(Cc2ccccc2C)C1=O.Cl. The second-order valence-corrected chi connectivity index (χ2v) is 7.09. The van der Waals surface area contributed by atoms with Crippen LogP contribution in [0, 0.1) is 6.92 Å². The summed E-state index contributed by atoms with van der Waals surface area (Å²) in [6, 6.07) is 15.2. The summed E-state index contributed by atoms with van der Waals surface area (Å²) in [5.41, 5.74) is 4.33. The van der Waals surface area contributed by atoms with Gasteiger partial charge >= 0.3 is 0 Å². The predicted molar refractivity (Wildman–Crippen MR) is 115 cm³/mol. The topological polar surface area (TPSA) is 61.4 Å². The van der Waals surface area contributed by atoms with Crippen molar-refractivity contribution in [1.82, 2.24) is 10.6 Å². The van der Waals surface area contributed by atoms with Crippen LogP contribution in [0.4, 0.5) is 5.69 Å². The largest absolute Gasteiger partial charge is 0.343 e. The van der Waals surface area contributed by atoms with Crippen LogP contribution < -0.4 is 15.5 Å². The van der Waals surface area contributed by atoms with E-state index in [9.17, 15) is 9.59 Å². The van der Waals surface area contributed by atoms with Crippen LogP contribution in [0.2, 0.25) is 0 Å². The standard InChI is InChI=1S/C22H27N3O2.ClH/c1-15-8-4-5-10-18(15)14-25-20-11-7-6-9-17(20)12-13-19(22(25)27)24-21(26)16(2)23-3;/h4-11,16,19,23H,12-14H2,1-3H3,(H,24,26);1H/t16-,19-;/m0./s1. The molecule has 0 unspecified atom stereocenters. The van der Waals surface area contributed by atoms with Crippen LogP contribution in [0.1, 0.15) is 30.0 Å². The molecule has 0 aromatic heterocycles. The average molecular weight is 402 g/mol. The van der Waals surface area contributed by atoms with E-state index in [1.165, 1.54) is 0 Å². The number of likely N-dealkylation sites (N-methyl/N-ethyl adjacent to an activating group) is 1. The van der Waals surface area contributed by atoms with Crippen molar-refractivity contribution in [2.75, 3.05) is 11.9 Å². The lowest BCUT2D eigenvalue weighted by molar-refractivity contribution is -0.128. The lowest BCUT2D eigenvalue weighted by Gasteiger charge is -2.27. The highest BCUT2D eigenvalue weighted by Crippen LogP contribution is 2.29. The molecule has 2 N–H and O–H groups in total. The van der Waals surface area contributed by atoms with Gasteiger partial charge < -0.3 is 15.5 Å². The molecule has 0 spiro atoms. The van der Waals surface area contributed by atoms with Gasteiger partial charge in [-0.05, 0) is 56.5 Å². The number of amides is 2. The van der Waals surface area contributed by atoms with Gasteiger partial charge in [0.15, 0.2) is 0 Å². The number of fused-ring (bicyclic) bond motifs is 1. The van der Waals surface area contributed by atoms with Crippen molar-refractivity contribution >= 4 is 29.9 Å². The predicted octanol–water partition coefficient (Wildman–Crippen LogP) is 2.99. The zero-order valence-corrected chi connectivity index (χ0v) is 17.4. The minimum Gasteiger partial charge on any atom is -0.343 e. The molecule has 28 heavy (non-hydrogen) atoms. The van der Waals surface area contributed by atoms with E-state index < -0.39 is 6.04 Å². The van der Waals surface area contributed by atoms with Crippen LogP contribution in [0.25, 0.3) is 0 Å². The summed E-state index contributed by atoms with van der Waals surface area (Å²) in [6.07, 6.45) is 1.35. The van der Waals surface area contributed by atoms with Gasteiger partial charge in [0.1, 0.15) is 6.04 Å². The average Bonchev–Trinajstić information content (AvgIpc) is 2.81. The molecule has 0 saturated heterocycles. The first kappa shape index (κ1) is 21.9. The number of hydrogen-bond acceptors (Lipinski definition) is 3. The van der Waals surface area contributed by atoms with Crippen LogP contribution in [0.15, 0.2) is 48.5 Å². The molecule has 5 nitrogen and oxygen atoms in total. The molecule has 0 fully saturated rings. The third-order valence-electron chi connectivity index (χ3n) is 5.28. The van der Waals surface area contributed by atoms with E-state index in [1.807, 2.05) is 41.3 Å². The number of nitrogens with one attached hydrogen (secondary N) is 2.